The zero-order valence-electron chi connectivity index (χ0n) is 17.4. The van der Waals surface area contributed by atoms with Crippen LogP contribution in [0.1, 0.15) is 23.1 Å². The van der Waals surface area contributed by atoms with Crippen molar-refractivity contribution in [3.63, 3.8) is 0 Å². The quantitative estimate of drug-likeness (QED) is 0.595. The summed E-state index contributed by atoms with van der Waals surface area (Å²) in [7, 11) is 0. The van der Waals surface area contributed by atoms with Crippen molar-refractivity contribution >= 4 is 11.6 Å². The molecule has 2 N–H and O–H groups in total. The van der Waals surface area contributed by atoms with Crippen LogP contribution in [0.3, 0.4) is 0 Å². The monoisotopic (exact) mass is 418 g/mol. The Kier molecular flexibility index (Phi) is 6.75. The molecular weight excluding hydrogens is 391 g/mol. The van der Waals surface area contributed by atoms with Crippen LogP contribution >= 0.6 is 0 Å². The van der Waals surface area contributed by atoms with Crippen molar-refractivity contribution in [1.29, 1.82) is 0 Å². The fourth-order valence-corrected chi connectivity index (χ4v) is 4.16. The highest BCUT2D eigenvalue weighted by Crippen LogP contribution is 2.33. The zero-order chi connectivity index (χ0) is 21.6. The van der Waals surface area contributed by atoms with Gasteiger partial charge in [-0.05, 0) is 41.7 Å². The molecule has 0 fully saturated rings. The van der Waals surface area contributed by atoms with E-state index in [-0.39, 0.29) is 24.2 Å². The number of rotatable bonds is 8. The Morgan fingerprint density at radius 2 is 1.74 bits per heavy atom. The van der Waals surface area contributed by atoms with Crippen LogP contribution < -0.4 is 10.6 Å². The Hall–Kier alpha value is -3.02. The average Bonchev–Trinajstić information content (AvgIpc) is 3.14. The maximum Gasteiger partial charge on any atom is 0.228 e. The van der Waals surface area contributed by atoms with Gasteiger partial charge in [0.25, 0.3) is 0 Å². The number of carbonyl (C=O) groups excluding carboxylic acids is 1. The molecule has 3 aromatic carbocycles. The van der Waals surface area contributed by atoms with Crippen molar-refractivity contribution in [2.75, 3.05) is 11.5 Å². The van der Waals surface area contributed by atoms with Gasteiger partial charge in [-0.2, -0.15) is 0 Å². The topological polar surface area (TPSA) is 55.6 Å². The smallest absolute Gasteiger partial charge is 0.228 e. The minimum Gasteiger partial charge on any atom is -0.375 e. The van der Waals surface area contributed by atoms with E-state index in [1.54, 1.807) is 18.2 Å². The Labute approximate surface area is 182 Å². The molecule has 4 rings (SSSR count). The summed E-state index contributed by atoms with van der Waals surface area (Å²) in [4.78, 5) is 15.1. The van der Waals surface area contributed by atoms with Crippen molar-refractivity contribution < 1.29 is 13.9 Å². The number of nitrogens with zero attached hydrogens (tertiary/aromatic N) is 1. The van der Waals surface area contributed by atoms with Gasteiger partial charge in [0, 0.05) is 18.2 Å². The highest BCUT2D eigenvalue weighted by molar-refractivity contribution is 5.96. The third kappa shape index (κ3) is 5.19. The molecule has 4 nitrogen and oxygen atoms in total. The number of hydrogen-bond acceptors (Lipinski definition) is 3. The van der Waals surface area contributed by atoms with E-state index in [0.717, 1.165) is 23.2 Å². The van der Waals surface area contributed by atoms with E-state index in [2.05, 4.69) is 0 Å². The molecule has 0 aliphatic carbocycles. The molecule has 1 amide bonds. The summed E-state index contributed by atoms with van der Waals surface area (Å²) < 4.78 is 19.9. The van der Waals surface area contributed by atoms with Gasteiger partial charge in [0.1, 0.15) is 5.82 Å². The van der Waals surface area contributed by atoms with Crippen molar-refractivity contribution in [1.82, 2.24) is 0 Å². The number of fused-ring (bicyclic) bond motifs is 1. The molecule has 0 saturated carbocycles. The van der Waals surface area contributed by atoms with Gasteiger partial charge in [-0.25, -0.2) is 4.39 Å². The highest BCUT2D eigenvalue weighted by atomic mass is 19.1. The van der Waals surface area contributed by atoms with E-state index in [1.807, 2.05) is 59.5 Å². The van der Waals surface area contributed by atoms with Gasteiger partial charge in [0.05, 0.1) is 19.3 Å². The third-order valence-corrected chi connectivity index (χ3v) is 5.64. The van der Waals surface area contributed by atoms with Crippen molar-refractivity contribution in [3.8, 4) is 0 Å². The fourth-order valence-electron chi connectivity index (χ4n) is 4.16. The second-order valence-electron chi connectivity index (χ2n) is 8.01. The number of anilines is 1. The molecule has 1 aliphatic heterocycles. The Balaban J connectivity index is 1.42. The molecule has 2 atom stereocenters. The van der Waals surface area contributed by atoms with Gasteiger partial charge < -0.3 is 15.4 Å². The zero-order valence-corrected chi connectivity index (χ0v) is 17.4. The molecule has 1 aliphatic rings. The number of para-hydroxylation sites is 1. The minimum absolute atomic E-state index is 0.0536. The van der Waals surface area contributed by atoms with Gasteiger partial charge >= 0.3 is 0 Å². The number of benzene rings is 3. The molecule has 31 heavy (non-hydrogen) atoms. The Morgan fingerprint density at radius 1 is 1.03 bits per heavy atom. The molecule has 1 unspecified atom stereocenters. The molecule has 3 aromatic rings. The maximum atomic E-state index is 14.0. The standard InChI is InChI=1S/C26H27FN2O2/c27-24-12-6-4-10-20(24)14-22(28)16-26(30)29-23(15-21-11-5-7-13-25(21)29)18-31-17-19-8-2-1-3-9-19/h1-13,22-23H,14-18,28H2/t22-,23?/m1/s1. The van der Waals surface area contributed by atoms with Gasteiger partial charge in [-0.15, -0.1) is 0 Å². The number of nitrogens with two attached hydrogens (primary N) is 1. The summed E-state index contributed by atoms with van der Waals surface area (Å²) >= 11 is 0. The lowest BCUT2D eigenvalue weighted by molar-refractivity contribution is -0.119. The van der Waals surface area contributed by atoms with Gasteiger partial charge in [0.2, 0.25) is 5.91 Å². The average molecular weight is 419 g/mol. The van der Waals surface area contributed by atoms with Crippen molar-refractivity contribution in [2.45, 2.75) is 38.0 Å². The fraction of sp³-hybridized carbons (Fsp3) is 0.269. The van der Waals surface area contributed by atoms with Crippen LogP contribution in [-0.2, 0) is 29.0 Å². The maximum absolute atomic E-state index is 14.0. The SMILES string of the molecule is N[C@@H](CC(=O)N1c2ccccc2CC1COCc1ccccc1)Cc1ccccc1F. The largest absolute Gasteiger partial charge is 0.375 e. The highest BCUT2D eigenvalue weighted by Gasteiger charge is 2.34. The van der Waals surface area contributed by atoms with Crippen LogP contribution in [0.25, 0.3) is 0 Å². The predicted molar refractivity (Wildman–Crippen MR) is 120 cm³/mol. The van der Waals surface area contributed by atoms with E-state index in [1.165, 1.54) is 6.07 Å². The molecular formula is C26H27FN2O2. The first-order valence-corrected chi connectivity index (χ1v) is 10.6. The first-order chi connectivity index (χ1) is 15.1. The van der Waals surface area contributed by atoms with Crippen LogP contribution in [0.15, 0.2) is 78.9 Å². The second-order valence-corrected chi connectivity index (χ2v) is 8.01. The van der Waals surface area contributed by atoms with Crippen molar-refractivity contribution in [3.05, 3.63) is 101 Å². The molecule has 0 bridgehead atoms. The summed E-state index contributed by atoms with van der Waals surface area (Å²) in [5.74, 6) is -0.341. The van der Waals surface area contributed by atoms with E-state index in [0.29, 0.717) is 25.2 Å². The van der Waals surface area contributed by atoms with Crippen molar-refractivity contribution in [2.24, 2.45) is 5.73 Å². The summed E-state index contributed by atoms with van der Waals surface area (Å²) in [6.45, 7) is 0.945. The summed E-state index contributed by atoms with van der Waals surface area (Å²) in [5.41, 5.74) is 9.92. The van der Waals surface area contributed by atoms with Crippen LogP contribution in [0.2, 0.25) is 0 Å². The van der Waals surface area contributed by atoms with E-state index in [4.69, 9.17) is 10.5 Å². The van der Waals surface area contributed by atoms with Crippen LogP contribution in [-0.4, -0.2) is 24.6 Å². The Morgan fingerprint density at radius 3 is 2.55 bits per heavy atom. The number of halogens is 1. The van der Waals surface area contributed by atoms with E-state index >= 15 is 0 Å². The number of amides is 1. The molecule has 0 spiro atoms. The second kappa shape index (κ2) is 9.86. The molecule has 160 valence electrons. The van der Waals surface area contributed by atoms with E-state index in [9.17, 15) is 9.18 Å². The Bertz CT molecular complexity index is 1020. The number of hydrogen-bond donors (Lipinski definition) is 1. The van der Waals surface area contributed by atoms with E-state index < -0.39 is 6.04 Å². The van der Waals surface area contributed by atoms with Crippen LogP contribution in [0.5, 0.6) is 0 Å². The number of ether oxygens (including phenoxy) is 1. The predicted octanol–water partition coefficient (Wildman–Crippen LogP) is 4.26. The third-order valence-electron chi connectivity index (χ3n) is 5.64. The minimum atomic E-state index is -0.456. The molecule has 0 radical (unpaired) electrons. The first-order valence-electron chi connectivity index (χ1n) is 10.6. The molecule has 0 aromatic heterocycles. The lowest BCUT2D eigenvalue weighted by atomic mass is 10.0. The van der Waals surface area contributed by atoms with Crippen LogP contribution in [0, 0.1) is 5.82 Å². The normalized spacial score (nSPS) is 16.2. The lowest BCUT2D eigenvalue weighted by Gasteiger charge is -2.27. The van der Waals surface area contributed by atoms with Crippen LogP contribution in [0.4, 0.5) is 10.1 Å². The summed E-state index contributed by atoms with van der Waals surface area (Å²) in [6.07, 6.45) is 1.22. The summed E-state index contributed by atoms with van der Waals surface area (Å²) in [5, 5.41) is 0. The molecule has 0 saturated heterocycles. The number of carbonyl (C=O) groups is 1. The lowest BCUT2D eigenvalue weighted by Crippen LogP contribution is -2.43. The molecule has 1 heterocycles. The molecule has 5 heteroatoms. The van der Waals surface area contributed by atoms with Gasteiger partial charge in [-0.3, -0.25) is 4.79 Å². The summed E-state index contributed by atoms with van der Waals surface area (Å²) in [6, 6.07) is 23.9. The first kappa shape index (κ1) is 21.2. The van der Waals surface area contributed by atoms with Gasteiger partial charge in [-0.1, -0.05) is 66.7 Å². The van der Waals surface area contributed by atoms with Gasteiger partial charge in [0.15, 0.2) is 0 Å².